The lowest BCUT2D eigenvalue weighted by atomic mass is 10.1. The van der Waals surface area contributed by atoms with Gasteiger partial charge < -0.3 is 10.1 Å². The molecular weight excluding hydrogens is 432 g/mol. The molecule has 1 amide bonds. The summed E-state index contributed by atoms with van der Waals surface area (Å²) >= 11 is 1.13. The van der Waals surface area contributed by atoms with Gasteiger partial charge in [-0.25, -0.2) is 0 Å². The molecule has 0 spiro atoms. The number of amides is 1. The van der Waals surface area contributed by atoms with Crippen LogP contribution >= 0.6 is 11.3 Å². The Kier molecular flexibility index (Phi) is 7.37. The van der Waals surface area contributed by atoms with E-state index in [-0.39, 0.29) is 10.8 Å². The summed E-state index contributed by atoms with van der Waals surface area (Å²) in [5.74, 6) is 0.569. The Morgan fingerprint density at radius 3 is 2.61 bits per heavy atom. The second-order valence-electron chi connectivity index (χ2n) is 7.70. The van der Waals surface area contributed by atoms with Crippen molar-refractivity contribution in [1.82, 2.24) is 9.88 Å². The molecule has 6 heteroatoms. The number of methoxy groups -OCH3 is 1. The molecule has 0 bridgehead atoms. The van der Waals surface area contributed by atoms with E-state index in [9.17, 15) is 9.59 Å². The third kappa shape index (κ3) is 5.59. The standard InChI is InChI=1S/C27H26N2O3S/c1-32-24-15-8-14-23(18-24)29-25(19-33-27(29)31)21-12-7-13-22(17-21)26(30)28-16-6-5-11-20-9-3-2-4-10-20/h2-4,7-10,12-15,17-19H,5-6,11,16H2,1H3,(H,28,30). The molecule has 0 unspecified atom stereocenters. The molecule has 0 radical (unpaired) electrons. The van der Waals surface area contributed by atoms with Gasteiger partial charge in [-0.1, -0.05) is 59.9 Å². The maximum Gasteiger partial charge on any atom is 0.312 e. The van der Waals surface area contributed by atoms with Crippen LogP contribution in [0.25, 0.3) is 16.9 Å². The third-order valence-corrected chi connectivity index (χ3v) is 6.17. The highest BCUT2D eigenvalue weighted by Gasteiger charge is 2.14. The number of rotatable bonds is 9. The van der Waals surface area contributed by atoms with E-state index in [1.165, 1.54) is 5.56 Å². The van der Waals surface area contributed by atoms with Crippen molar-refractivity contribution in [2.75, 3.05) is 13.7 Å². The Bertz CT molecular complexity index is 1280. The molecule has 3 aromatic carbocycles. The van der Waals surface area contributed by atoms with Gasteiger partial charge in [0.1, 0.15) is 5.75 Å². The van der Waals surface area contributed by atoms with E-state index >= 15 is 0 Å². The number of carbonyl (C=O) groups excluding carboxylic acids is 1. The number of hydrogen-bond donors (Lipinski definition) is 1. The summed E-state index contributed by atoms with van der Waals surface area (Å²) in [7, 11) is 1.60. The zero-order valence-corrected chi connectivity index (χ0v) is 19.3. The summed E-state index contributed by atoms with van der Waals surface area (Å²) in [4.78, 5) is 25.2. The smallest absolute Gasteiger partial charge is 0.312 e. The Balaban J connectivity index is 1.44. The third-order valence-electron chi connectivity index (χ3n) is 5.45. The number of hydrogen-bond acceptors (Lipinski definition) is 4. The van der Waals surface area contributed by atoms with Crippen molar-refractivity contribution in [3.8, 4) is 22.7 Å². The predicted octanol–water partition coefficient (Wildman–Crippen LogP) is 5.33. The Hall–Kier alpha value is -3.64. The van der Waals surface area contributed by atoms with Gasteiger partial charge in [0, 0.05) is 29.1 Å². The van der Waals surface area contributed by atoms with Gasteiger partial charge in [0.05, 0.1) is 18.5 Å². The van der Waals surface area contributed by atoms with E-state index < -0.39 is 0 Å². The van der Waals surface area contributed by atoms with Gasteiger partial charge in [-0.3, -0.25) is 14.2 Å². The number of unbranched alkanes of at least 4 members (excludes halogenated alkanes) is 1. The lowest BCUT2D eigenvalue weighted by Crippen LogP contribution is -2.24. The van der Waals surface area contributed by atoms with E-state index in [0.717, 1.165) is 47.5 Å². The topological polar surface area (TPSA) is 60.3 Å². The summed E-state index contributed by atoms with van der Waals surface area (Å²) in [5.41, 5.74) is 4.17. The molecule has 0 saturated heterocycles. The van der Waals surface area contributed by atoms with Crippen LogP contribution < -0.4 is 14.9 Å². The minimum Gasteiger partial charge on any atom is -0.497 e. The van der Waals surface area contributed by atoms with Crippen molar-refractivity contribution in [2.45, 2.75) is 19.3 Å². The molecule has 0 aliphatic heterocycles. The molecule has 0 saturated carbocycles. The second-order valence-corrected chi connectivity index (χ2v) is 8.52. The van der Waals surface area contributed by atoms with Gasteiger partial charge in [-0.2, -0.15) is 0 Å². The highest BCUT2D eigenvalue weighted by Crippen LogP contribution is 2.26. The van der Waals surface area contributed by atoms with Crippen molar-refractivity contribution in [2.24, 2.45) is 0 Å². The molecule has 0 atom stereocenters. The first kappa shape index (κ1) is 22.6. The van der Waals surface area contributed by atoms with Crippen LogP contribution in [-0.2, 0) is 6.42 Å². The van der Waals surface area contributed by atoms with Crippen LogP contribution in [0.1, 0.15) is 28.8 Å². The minimum absolute atomic E-state index is 0.0912. The maximum atomic E-state index is 12.7. The van der Waals surface area contributed by atoms with Crippen molar-refractivity contribution < 1.29 is 9.53 Å². The predicted molar refractivity (Wildman–Crippen MR) is 134 cm³/mol. The van der Waals surface area contributed by atoms with Gasteiger partial charge in [-0.15, -0.1) is 0 Å². The Morgan fingerprint density at radius 1 is 0.970 bits per heavy atom. The molecule has 4 rings (SSSR count). The van der Waals surface area contributed by atoms with Crippen LogP contribution in [0.4, 0.5) is 0 Å². The molecule has 0 aliphatic rings. The molecule has 168 valence electrons. The number of ether oxygens (including phenoxy) is 1. The van der Waals surface area contributed by atoms with Crippen LogP contribution in [0.5, 0.6) is 5.75 Å². The minimum atomic E-state index is -0.109. The van der Waals surface area contributed by atoms with Crippen LogP contribution in [0.2, 0.25) is 0 Å². The Labute approximate surface area is 197 Å². The van der Waals surface area contributed by atoms with Gasteiger partial charge in [-0.05, 0) is 49.1 Å². The van der Waals surface area contributed by atoms with E-state index in [4.69, 9.17) is 4.74 Å². The number of nitrogens with zero attached hydrogens (tertiary/aromatic N) is 1. The average Bonchev–Trinajstić information content (AvgIpc) is 3.25. The fourth-order valence-corrected chi connectivity index (χ4v) is 4.49. The van der Waals surface area contributed by atoms with Gasteiger partial charge >= 0.3 is 4.87 Å². The fourth-order valence-electron chi connectivity index (χ4n) is 3.72. The average molecular weight is 459 g/mol. The molecular formula is C27H26N2O3S. The van der Waals surface area contributed by atoms with E-state index in [2.05, 4.69) is 17.4 Å². The summed E-state index contributed by atoms with van der Waals surface area (Å²) in [6.07, 6.45) is 2.94. The molecule has 0 fully saturated rings. The first-order valence-corrected chi connectivity index (χ1v) is 11.8. The number of aromatic nitrogens is 1. The highest BCUT2D eigenvalue weighted by atomic mass is 32.1. The van der Waals surface area contributed by atoms with E-state index in [1.54, 1.807) is 17.7 Å². The monoisotopic (exact) mass is 458 g/mol. The lowest BCUT2D eigenvalue weighted by molar-refractivity contribution is 0.0953. The highest BCUT2D eigenvalue weighted by molar-refractivity contribution is 7.07. The lowest BCUT2D eigenvalue weighted by Gasteiger charge is -2.11. The Morgan fingerprint density at radius 2 is 1.79 bits per heavy atom. The number of aryl methyl sites for hydroxylation is 1. The molecule has 1 aromatic heterocycles. The van der Waals surface area contributed by atoms with Crippen molar-refractivity contribution in [1.29, 1.82) is 0 Å². The summed E-state index contributed by atoms with van der Waals surface area (Å²) in [6, 6.07) is 25.1. The second kappa shape index (κ2) is 10.8. The normalized spacial score (nSPS) is 10.7. The molecule has 4 aromatic rings. The van der Waals surface area contributed by atoms with Crippen LogP contribution in [0, 0.1) is 0 Å². The zero-order chi connectivity index (χ0) is 23.0. The molecule has 5 nitrogen and oxygen atoms in total. The van der Waals surface area contributed by atoms with Crippen molar-refractivity contribution in [3.05, 3.63) is 105 Å². The van der Waals surface area contributed by atoms with E-state index in [1.807, 2.05) is 66.0 Å². The molecule has 1 N–H and O–H groups in total. The van der Waals surface area contributed by atoms with Gasteiger partial charge in [0.25, 0.3) is 5.91 Å². The van der Waals surface area contributed by atoms with Crippen LogP contribution in [0.15, 0.2) is 89.0 Å². The molecule has 0 aliphatic carbocycles. The first-order chi connectivity index (χ1) is 16.2. The summed E-state index contributed by atoms with van der Waals surface area (Å²) < 4.78 is 6.95. The van der Waals surface area contributed by atoms with Gasteiger partial charge in [0.2, 0.25) is 0 Å². The summed E-state index contributed by atoms with van der Waals surface area (Å²) in [6.45, 7) is 0.628. The fraction of sp³-hybridized carbons (Fsp3) is 0.185. The van der Waals surface area contributed by atoms with Crippen LogP contribution in [-0.4, -0.2) is 24.1 Å². The summed E-state index contributed by atoms with van der Waals surface area (Å²) in [5, 5.41) is 4.83. The molecule has 1 heterocycles. The first-order valence-electron chi connectivity index (χ1n) is 10.9. The maximum absolute atomic E-state index is 12.7. The SMILES string of the molecule is COc1cccc(-n2c(-c3cccc(C(=O)NCCCCc4ccccc4)c3)csc2=O)c1. The number of thiazole rings is 1. The quantitative estimate of drug-likeness (QED) is 0.345. The number of benzene rings is 3. The van der Waals surface area contributed by atoms with Crippen LogP contribution in [0.3, 0.4) is 0 Å². The number of nitrogens with one attached hydrogen (secondary N) is 1. The van der Waals surface area contributed by atoms with Gasteiger partial charge in [0.15, 0.2) is 0 Å². The molecule has 33 heavy (non-hydrogen) atoms. The number of carbonyl (C=O) groups is 1. The van der Waals surface area contributed by atoms with E-state index in [0.29, 0.717) is 17.9 Å². The van der Waals surface area contributed by atoms with Crippen molar-refractivity contribution >= 4 is 17.2 Å². The van der Waals surface area contributed by atoms with Crippen molar-refractivity contribution in [3.63, 3.8) is 0 Å². The largest absolute Gasteiger partial charge is 0.497 e. The zero-order valence-electron chi connectivity index (χ0n) is 18.5.